The maximum atomic E-state index is 10.9. The maximum Gasteiger partial charge on any atom is 0.166 e. The van der Waals surface area contributed by atoms with Crippen LogP contribution in [0.2, 0.25) is 0 Å². The number of para-hydroxylation sites is 1. The zero-order valence-electron chi connectivity index (χ0n) is 8.27. The van der Waals surface area contributed by atoms with Gasteiger partial charge in [-0.05, 0) is 18.6 Å². The Labute approximate surface area is 87.3 Å². The van der Waals surface area contributed by atoms with Gasteiger partial charge in [-0.1, -0.05) is 12.1 Å². The Morgan fingerprint density at radius 1 is 1.40 bits per heavy atom. The summed E-state index contributed by atoms with van der Waals surface area (Å²) in [5, 5.41) is 1.08. The molecule has 1 aromatic carbocycles. The average Bonchev–Trinajstić information content (AvgIpc) is 2.47. The summed E-state index contributed by atoms with van der Waals surface area (Å²) in [6.45, 7) is 1.58. The van der Waals surface area contributed by atoms with Crippen molar-refractivity contribution in [1.29, 1.82) is 0 Å². The van der Waals surface area contributed by atoms with E-state index >= 15 is 0 Å². The van der Waals surface area contributed by atoms with Crippen molar-refractivity contribution in [3.63, 3.8) is 0 Å². The summed E-state index contributed by atoms with van der Waals surface area (Å²) in [6, 6.07) is 7.85. The minimum absolute atomic E-state index is 0.721. The molecule has 2 aromatic rings. The summed E-state index contributed by atoms with van der Waals surface area (Å²) in [6.07, 6.45) is 1.86. The molecule has 1 aliphatic rings. The summed E-state index contributed by atoms with van der Waals surface area (Å²) in [5.41, 5.74) is 1.79. The Hall–Kier alpha value is -1.77. The molecule has 0 atom stereocenters. The third kappa shape index (κ3) is 1.16. The molecule has 0 unspecified atom stereocenters. The number of rotatable bonds is 1. The van der Waals surface area contributed by atoms with Crippen molar-refractivity contribution in [2.75, 3.05) is 6.61 Å². The summed E-state index contributed by atoms with van der Waals surface area (Å²) < 4.78 is 7.69. The summed E-state index contributed by atoms with van der Waals surface area (Å²) >= 11 is 0. The first-order chi connectivity index (χ1) is 7.40. The second-order valence-corrected chi connectivity index (χ2v) is 3.73. The van der Waals surface area contributed by atoms with Gasteiger partial charge in [-0.3, -0.25) is 4.79 Å². The zero-order valence-corrected chi connectivity index (χ0v) is 8.27. The van der Waals surface area contributed by atoms with Crippen LogP contribution in [0.3, 0.4) is 0 Å². The molecule has 2 heterocycles. The van der Waals surface area contributed by atoms with E-state index in [2.05, 4.69) is 0 Å². The highest BCUT2D eigenvalue weighted by molar-refractivity contribution is 5.92. The molecule has 0 spiro atoms. The molecule has 3 nitrogen and oxygen atoms in total. The Morgan fingerprint density at radius 3 is 3.20 bits per heavy atom. The lowest BCUT2D eigenvalue weighted by molar-refractivity contribution is 0.111. The maximum absolute atomic E-state index is 10.9. The predicted molar refractivity (Wildman–Crippen MR) is 57.4 cm³/mol. The fourth-order valence-electron chi connectivity index (χ4n) is 2.17. The Kier molecular flexibility index (Phi) is 1.78. The van der Waals surface area contributed by atoms with E-state index in [0.29, 0.717) is 0 Å². The first-order valence-electron chi connectivity index (χ1n) is 5.10. The van der Waals surface area contributed by atoms with Gasteiger partial charge in [0.15, 0.2) is 6.29 Å². The standard InChI is InChI=1S/C12H11NO2/c14-8-10-7-9-3-1-4-11-12(9)13(10)5-2-6-15-11/h1,3-4,7-8H,2,5-6H2. The number of hydrogen-bond donors (Lipinski definition) is 0. The second kappa shape index (κ2) is 3.12. The first-order valence-corrected chi connectivity index (χ1v) is 5.10. The van der Waals surface area contributed by atoms with E-state index in [1.807, 2.05) is 28.8 Å². The third-order valence-corrected chi connectivity index (χ3v) is 2.82. The van der Waals surface area contributed by atoms with Gasteiger partial charge in [-0.25, -0.2) is 0 Å². The Bertz CT molecular complexity index is 528. The fourth-order valence-corrected chi connectivity index (χ4v) is 2.17. The van der Waals surface area contributed by atoms with E-state index in [1.165, 1.54) is 0 Å². The molecule has 3 rings (SSSR count). The van der Waals surface area contributed by atoms with Gasteiger partial charge in [0.05, 0.1) is 17.8 Å². The van der Waals surface area contributed by atoms with Gasteiger partial charge in [0.1, 0.15) is 5.75 Å². The van der Waals surface area contributed by atoms with Gasteiger partial charge in [0.25, 0.3) is 0 Å². The highest BCUT2D eigenvalue weighted by Crippen LogP contribution is 2.30. The van der Waals surface area contributed by atoms with Crippen molar-refractivity contribution in [2.24, 2.45) is 0 Å². The largest absolute Gasteiger partial charge is 0.491 e. The highest BCUT2D eigenvalue weighted by atomic mass is 16.5. The van der Waals surface area contributed by atoms with E-state index in [1.54, 1.807) is 0 Å². The molecule has 0 aliphatic carbocycles. The van der Waals surface area contributed by atoms with Crippen molar-refractivity contribution in [3.05, 3.63) is 30.0 Å². The van der Waals surface area contributed by atoms with Crippen molar-refractivity contribution in [3.8, 4) is 5.75 Å². The lowest BCUT2D eigenvalue weighted by Gasteiger charge is -2.04. The van der Waals surface area contributed by atoms with Crippen LogP contribution in [0.1, 0.15) is 16.9 Å². The summed E-state index contributed by atoms with van der Waals surface area (Å²) in [5.74, 6) is 0.887. The molecular weight excluding hydrogens is 190 g/mol. The molecule has 0 bridgehead atoms. The van der Waals surface area contributed by atoms with Gasteiger partial charge in [0.2, 0.25) is 0 Å². The van der Waals surface area contributed by atoms with Crippen molar-refractivity contribution < 1.29 is 9.53 Å². The van der Waals surface area contributed by atoms with Crippen LogP contribution < -0.4 is 4.74 Å². The number of aryl methyl sites for hydroxylation is 1. The van der Waals surface area contributed by atoms with E-state index < -0.39 is 0 Å². The normalized spacial score (nSPS) is 14.7. The monoisotopic (exact) mass is 201 g/mol. The molecule has 0 saturated heterocycles. The fraction of sp³-hybridized carbons (Fsp3) is 0.250. The predicted octanol–water partition coefficient (Wildman–Crippen LogP) is 2.24. The second-order valence-electron chi connectivity index (χ2n) is 3.73. The summed E-state index contributed by atoms with van der Waals surface area (Å²) in [7, 11) is 0. The van der Waals surface area contributed by atoms with E-state index in [0.717, 1.165) is 48.2 Å². The third-order valence-electron chi connectivity index (χ3n) is 2.82. The molecule has 0 fully saturated rings. The number of carbonyl (C=O) groups excluding carboxylic acids is 1. The van der Waals surface area contributed by atoms with E-state index in [-0.39, 0.29) is 0 Å². The number of hydrogen-bond acceptors (Lipinski definition) is 2. The van der Waals surface area contributed by atoms with Crippen molar-refractivity contribution >= 4 is 17.2 Å². The minimum Gasteiger partial charge on any atom is -0.491 e. The van der Waals surface area contributed by atoms with Crippen LogP contribution in [0.15, 0.2) is 24.3 Å². The number of benzene rings is 1. The number of aldehydes is 1. The SMILES string of the molecule is O=Cc1cc2cccc3c2n1CCCO3. The minimum atomic E-state index is 0.721. The number of aromatic nitrogens is 1. The molecule has 0 radical (unpaired) electrons. The molecule has 15 heavy (non-hydrogen) atoms. The van der Waals surface area contributed by atoms with Crippen LogP contribution >= 0.6 is 0 Å². The van der Waals surface area contributed by atoms with Crippen LogP contribution in [0.5, 0.6) is 5.75 Å². The summed E-state index contributed by atoms with van der Waals surface area (Å²) in [4.78, 5) is 10.9. The van der Waals surface area contributed by atoms with Crippen LogP contribution in [-0.4, -0.2) is 17.5 Å². The lowest BCUT2D eigenvalue weighted by atomic mass is 10.2. The molecule has 3 heteroatoms. The Balaban J connectivity index is 2.41. The van der Waals surface area contributed by atoms with E-state index in [9.17, 15) is 4.79 Å². The number of ether oxygens (including phenoxy) is 1. The van der Waals surface area contributed by atoms with E-state index in [4.69, 9.17) is 4.74 Å². The molecule has 0 N–H and O–H groups in total. The molecular formula is C12H11NO2. The van der Waals surface area contributed by atoms with Gasteiger partial charge in [-0.15, -0.1) is 0 Å². The smallest absolute Gasteiger partial charge is 0.166 e. The van der Waals surface area contributed by atoms with Crippen LogP contribution in [-0.2, 0) is 6.54 Å². The number of nitrogens with zero attached hydrogens (tertiary/aromatic N) is 1. The molecule has 0 saturated carbocycles. The van der Waals surface area contributed by atoms with Crippen LogP contribution in [0.25, 0.3) is 10.9 Å². The average molecular weight is 201 g/mol. The zero-order chi connectivity index (χ0) is 10.3. The topological polar surface area (TPSA) is 31.2 Å². The van der Waals surface area contributed by atoms with Crippen LogP contribution in [0, 0.1) is 0 Å². The molecule has 1 aromatic heterocycles. The van der Waals surface area contributed by atoms with Crippen molar-refractivity contribution in [2.45, 2.75) is 13.0 Å². The Morgan fingerprint density at radius 2 is 2.33 bits per heavy atom. The quantitative estimate of drug-likeness (QED) is 0.662. The lowest BCUT2D eigenvalue weighted by Crippen LogP contribution is -2.01. The van der Waals surface area contributed by atoms with Gasteiger partial charge in [0, 0.05) is 11.9 Å². The van der Waals surface area contributed by atoms with Crippen LogP contribution in [0.4, 0.5) is 0 Å². The van der Waals surface area contributed by atoms with Gasteiger partial charge < -0.3 is 9.30 Å². The van der Waals surface area contributed by atoms with Gasteiger partial charge in [-0.2, -0.15) is 0 Å². The highest BCUT2D eigenvalue weighted by Gasteiger charge is 2.15. The first kappa shape index (κ1) is 8.53. The molecule has 1 aliphatic heterocycles. The molecule has 0 amide bonds. The number of carbonyl (C=O) groups is 1. The van der Waals surface area contributed by atoms with Gasteiger partial charge >= 0.3 is 0 Å². The molecule has 76 valence electrons. The van der Waals surface area contributed by atoms with Crippen molar-refractivity contribution in [1.82, 2.24) is 4.57 Å².